The third kappa shape index (κ3) is 1.91. The Morgan fingerprint density at radius 3 is 2.88 bits per heavy atom. The molecule has 84 valence electrons. The van der Waals surface area contributed by atoms with Crippen molar-refractivity contribution in [2.75, 3.05) is 5.73 Å². The first-order chi connectivity index (χ1) is 7.72. The van der Waals surface area contributed by atoms with Gasteiger partial charge in [-0.25, -0.2) is 0 Å². The van der Waals surface area contributed by atoms with Crippen molar-refractivity contribution in [1.82, 2.24) is 14.8 Å². The number of nitrogens with zero attached hydrogens (tertiary/aromatic N) is 3. The smallest absolute Gasteiger partial charge is 0.0673 e. The monoisotopic (exact) mass is 216 g/mol. The fourth-order valence-electron chi connectivity index (χ4n) is 1.76. The maximum Gasteiger partial charge on any atom is 0.0673 e. The van der Waals surface area contributed by atoms with E-state index in [9.17, 15) is 0 Å². The Balaban J connectivity index is 2.44. The summed E-state index contributed by atoms with van der Waals surface area (Å²) in [4.78, 5) is 4.10. The lowest BCUT2D eigenvalue weighted by atomic mass is 10.1. The van der Waals surface area contributed by atoms with Gasteiger partial charge < -0.3 is 5.73 Å². The van der Waals surface area contributed by atoms with Gasteiger partial charge in [0.2, 0.25) is 0 Å². The van der Waals surface area contributed by atoms with Gasteiger partial charge in [0.05, 0.1) is 5.69 Å². The normalized spacial score (nSPS) is 10.6. The van der Waals surface area contributed by atoms with E-state index in [2.05, 4.69) is 17.0 Å². The summed E-state index contributed by atoms with van der Waals surface area (Å²) < 4.78 is 1.96. The Hall–Kier alpha value is -1.84. The Morgan fingerprint density at radius 1 is 1.38 bits per heavy atom. The van der Waals surface area contributed by atoms with Gasteiger partial charge in [-0.2, -0.15) is 5.10 Å². The molecule has 0 atom stereocenters. The van der Waals surface area contributed by atoms with Crippen LogP contribution in [0.25, 0.3) is 11.1 Å². The fraction of sp³-hybridized carbons (Fsp3) is 0.333. The van der Waals surface area contributed by atoms with Gasteiger partial charge in [-0.15, -0.1) is 0 Å². The van der Waals surface area contributed by atoms with Crippen molar-refractivity contribution in [2.45, 2.75) is 26.8 Å². The van der Waals surface area contributed by atoms with Gasteiger partial charge in [-0.1, -0.05) is 6.92 Å². The first-order valence-corrected chi connectivity index (χ1v) is 5.46. The van der Waals surface area contributed by atoms with Crippen LogP contribution in [-0.4, -0.2) is 14.8 Å². The number of pyridine rings is 1. The lowest BCUT2D eigenvalue weighted by Crippen LogP contribution is -1.96. The molecule has 0 unspecified atom stereocenters. The number of nitrogen functional groups attached to an aromatic ring is 1. The van der Waals surface area contributed by atoms with Crippen molar-refractivity contribution in [3.63, 3.8) is 0 Å². The molecule has 2 N–H and O–H groups in total. The predicted octanol–water partition coefficient (Wildman–Crippen LogP) is 2.25. The molecule has 0 bridgehead atoms. The summed E-state index contributed by atoms with van der Waals surface area (Å²) in [5.74, 6) is 0. The number of hydrogen-bond donors (Lipinski definition) is 1. The molecule has 2 aromatic rings. The van der Waals surface area contributed by atoms with Gasteiger partial charge in [0, 0.05) is 41.9 Å². The average Bonchev–Trinajstić information content (AvgIpc) is 2.61. The molecular formula is C12H16N4. The van der Waals surface area contributed by atoms with Crippen molar-refractivity contribution >= 4 is 5.69 Å². The Morgan fingerprint density at radius 2 is 2.19 bits per heavy atom. The SMILES string of the molecule is CCCn1cc(-c2cnccc2N)c(C)n1. The number of aromatic nitrogens is 3. The van der Waals surface area contributed by atoms with Gasteiger partial charge in [0.25, 0.3) is 0 Å². The molecule has 2 heterocycles. The van der Waals surface area contributed by atoms with Crippen molar-refractivity contribution in [3.8, 4) is 11.1 Å². The second kappa shape index (κ2) is 4.35. The van der Waals surface area contributed by atoms with E-state index in [-0.39, 0.29) is 0 Å². The van der Waals surface area contributed by atoms with E-state index >= 15 is 0 Å². The van der Waals surface area contributed by atoms with E-state index in [1.54, 1.807) is 12.4 Å². The second-order valence-electron chi connectivity index (χ2n) is 3.85. The van der Waals surface area contributed by atoms with E-state index < -0.39 is 0 Å². The van der Waals surface area contributed by atoms with Crippen molar-refractivity contribution in [1.29, 1.82) is 0 Å². The van der Waals surface area contributed by atoms with Crippen molar-refractivity contribution in [2.24, 2.45) is 0 Å². The summed E-state index contributed by atoms with van der Waals surface area (Å²) in [6, 6.07) is 1.81. The lowest BCUT2D eigenvalue weighted by molar-refractivity contribution is 0.598. The van der Waals surface area contributed by atoms with Crippen LogP contribution in [0, 0.1) is 6.92 Å². The van der Waals surface area contributed by atoms with Gasteiger partial charge in [-0.05, 0) is 19.4 Å². The largest absolute Gasteiger partial charge is 0.398 e. The van der Waals surface area contributed by atoms with Crippen molar-refractivity contribution in [3.05, 3.63) is 30.4 Å². The predicted molar refractivity (Wildman–Crippen MR) is 64.9 cm³/mol. The molecule has 0 fully saturated rings. The highest BCUT2D eigenvalue weighted by Gasteiger charge is 2.09. The summed E-state index contributed by atoms with van der Waals surface area (Å²) in [6.45, 7) is 5.06. The van der Waals surface area contributed by atoms with Crippen LogP contribution in [0.5, 0.6) is 0 Å². The maximum absolute atomic E-state index is 5.93. The van der Waals surface area contributed by atoms with E-state index in [0.29, 0.717) is 0 Å². The Kier molecular flexibility index (Phi) is 2.90. The molecule has 0 spiro atoms. The maximum atomic E-state index is 5.93. The van der Waals surface area contributed by atoms with Crippen LogP contribution < -0.4 is 5.73 Å². The lowest BCUT2D eigenvalue weighted by Gasteiger charge is -2.01. The molecule has 0 amide bonds. The number of anilines is 1. The highest BCUT2D eigenvalue weighted by atomic mass is 15.3. The molecular weight excluding hydrogens is 200 g/mol. The second-order valence-corrected chi connectivity index (χ2v) is 3.85. The number of hydrogen-bond acceptors (Lipinski definition) is 3. The van der Waals surface area contributed by atoms with Gasteiger partial charge in [0.15, 0.2) is 0 Å². The van der Waals surface area contributed by atoms with E-state index in [1.165, 1.54) is 0 Å². The van der Waals surface area contributed by atoms with Crippen LogP contribution in [0.3, 0.4) is 0 Å². The summed E-state index contributed by atoms with van der Waals surface area (Å²) in [5, 5.41) is 4.45. The van der Waals surface area contributed by atoms with Crippen molar-refractivity contribution < 1.29 is 0 Å². The van der Waals surface area contributed by atoms with Crippen LogP contribution in [0.15, 0.2) is 24.7 Å². The zero-order valence-electron chi connectivity index (χ0n) is 9.64. The Bertz CT molecular complexity index is 488. The third-order valence-electron chi connectivity index (χ3n) is 2.54. The average molecular weight is 216 g/mol. The summed E-state index contributed by atoms with van der Waals surface area (Å²) in [5.41, 5.74) is 9.69. The molecule has 0 aliphatic rings. The minimum absolute atomic E-state index is 0.745. The highest BCUT2D eigenvalue weighted by molar-refractivity contribution is 5.76. The first-order valence-electron chi connectivity index (χ1n) is 5.46. The van der Waals surface area contributed by atoms with Crippen LogP contribution in [0.4, 0.5) is 5.69 Å². The van der Waals surface area contributed by atoms with Gasteiger partial charge in [-0.3, -0.25) is 9.67 Å². The molecule has 16 heavy (non-hydrogen) atoms. The van der Waals surface area contributed by atoms with Crippen LogP contribution in [-0.2, 0) is 6.54 Å². The number of rotatable bonds is 3. The molecule has 0 aromatic carbocycles. The molecule has 0 aliphatic carbocycles. The first kappa shape index (κ1) is 10.7. The minimum Gasteiger partial charge on any atom is -0.398 e. The minimum atomic E-state index is 0.745. The molecule has 2 rings (SSSR count). The van der Waals surface area contributed by atoms with Gasteiger partial charge in [0.1, 0.15) is 0 Å². The molecule has 0 radical (unpaired) electrons. The molecule has 4 heteroatoms. The molecule has 0 saturated heterocycles. The zero-order valence-corrected chi connectivity index (χ0v) is 9.64. The quantitative estimate of drug-likeness (QED) is 0.856. The molecule has 0 aliphatic heterocycles. The molecule has 2 aromatic heterocycles. The summed E-state index contributed by atoms with van der Waals surface area (Å²) >= 11 is 0. The topological polar surface area (TPSA) is 56.7 Å². The summed E-state index contributed by atoms with van der Waals surface area (Å²) in [7, 11) is 0. The van der Waals surface area contributed by atoms with E-state index in [0.717, 1.165) is 35.5 Å². The van der Waals surface area contributed by atoms with E-state index in [1.807, 2.05) is 23.9 Å². The fourth-order valence-corrected chi connectivity index (χ4v) is 1.76. The zero-order chi connectivity index (χ0) is 11.5. The third-order valence-corrected chi connectivity index (χ3v) is 2.54. The summed E-state index contributed by atoms with van der Waals surface area (Å²) in [6.07, 6.45) is 6.59. The van der Waals surface area contributed by atoms with Crippen LogP contribution in [0.1, 0.15) is 19.0 Å². The standard InChI is InChI=1S/C12H16N4/c1-3-6-16-8-11(9(2)15-16)10-7-14-5-4-12(10)13/h4-5,7-8H,3,6H2,1-2H3,(H2,13,14). The van der Waals surface area contributed by atoms with E-state index in [4.69, 9.17) is 5.73 Å². The molecule has 0 saturated carbocycles. The molecule has 4 nitrogen and oxygen atoms in total. The van der Waals surface area contributed by atoms with Crippen LogP contribution >= 0.6 is 0 Å². The number of nitrogens with two attached hydrogens (primary N) is 1. The highest BCUT2D eigenvalue weighted by Crippen LogP contribution is 2.26. The number of aryl methyl sites for hydroxylation is 2. The Labute approximate surface area is 95.1 Å². The van der Waals surface area contributed by atoms with Gasteiger partial charge >= 0.3 is 0 Å². The van der Waals surface area contributed by atoms with Crippen LogP contribution in [0.2, 0.25) is 0 Å².